The highest BCUT2D eigenvalue weighted by Gasteiger charge is 2.11. The second kappa shape index (κ2) is 6.10. The summed E-state index contributed by atoms with van der Waals surface area (Å²) in [7, 11) is 0. The maximum atomic E-state index is 13.7. The summed E-state index contributed by atoms with van der Waals surface area (Å²) in [5.41, 5.74) is 0.681. The van der Waals surface area contributed by atoms with Crippen LogP contribution in [-0.4, -0.2) is 6.61 Å². The fraction of sp³-hybridized carbons (Fsp3) is 0.286. The fourth-order valence-corrected chi connectivity index (χ4v) is 2.06. The van der Waals surface area contributed by atoms with Crippen molar-refractivity contribution in [1.29, 1.82) is 0 Å². The van der Waals surface area contributed by atoms with Crippen LogP contribution >= 0.6 is 15.9 Å². The Morgan fingerprint density at radius 2 is 2.16 bits per heavy atom. The summed E-state index contributed by atoms with van der Waals surface area (Å²) in [6.45, 7) is 4.21. The van der Waals surface area contributed by atoms with Crippen LogP contribution in [0.4, 0.5) is 10.1 Å². The second-order valence-electron chi connectivity index (χ2n) is 4.09. The first-order valence-electron chi connectivity index (χ1n) is 6.04. The first-order chi connectivity index (χ1) is 9.10. The van der Waals surface area contributed by atoms with Gasteiger partial charge in [0.05, 0.1) is 12.6 Å². The monoisotopic (exact) mass is 327 g/mol. The second-order valence-corrected chi connectivity index (χ2v) is 4.87. The molecule has 1 heterocycles. The van der Waals surface area contributed by atoms with E-state index in [9.17, 15) is 4.39 Å². The molecular formula is C14H15BrFNO2. The third kappa shape index (κ3) is 3.50. The van der Waals surface area contributed by atoms with Crippen molar-refractivity contribution in [2.24, 2.45) is 0 Å². The van der Waals surface area contributed by atoms with Crippen LogP contribution in [0.15, 0.2) is 39.4 Å². The predicted molar refractivity (Wildman–Crippen MR) is 76.0 cm³/mol. The topological polar surface area (TPSA) is 34.4 Å². The highest BCUT2D eigenvalue weighted by molar-refractivity contribution is 9.10. The molecule has 3 nitrogen and oxygen atoms in total. The van der Waals surface area contributed by atoms with Gasteiger partial charge in [-0.1, -0.05) is 0 Å². The van der Waals surface area contributed by atoms with E-state index >= 15 is 0 Å². The Bertz CT molecular complexity index is 556. The summed E-state index contributed by atoms with van der Waals surface area (Å²) in [6, 6.07) is 8.45. The molecule has 1 aromatic carbocycles. The summed E-state index contributed by atoms with van der Waals surface area (Å²) in [5, 5.41) is 3.17. The van der Waals surface area contributed by atoms with Gasteiger partial charge in [0, 0.05) is 11.8 Å². The molecule has 0 aliphatic rings. The Hall–Kier alpha value is -1.49. The van der Waals surface area contributed by atoms with E-state index in [2.05, 4.69) is 21.2 Å². The Morgan fingerprint density at radius 3 is 2.74 bits per heavy atom. The molecule has 1 atom stereocenters. The minimum atomic E-state index is -0.375. The van der Waals surface area contributed by atoms with E-state index < -0.39 is 0 Å². The normalized spacial score (nSPS) is 12.2. The van der Waals surface area contributed by atoms with E-state index in [0.29, 0.717) is 17.0 Å². The van der Waals surface area contributed by atoms with Crippen molar-refractivity contribution >= 4 is 21.6 Å². The molecule has 1 N–H and O–H groups in total. The number of benzene rings is 1. The molecule has 0 spiro atoms. The lowest BCUT2D eigenvalue weighted by molar-refractivity contribution is 0.321. The van der Waals surface area contributed by atoms with Crippen LogP contribution in [0.5, 0.6) is 5.75 Å². The molecule has 2 rings (SSSR count). The number of hydrogen-bond acceptors (Lipinski definition) is 3. The molecule has 0 aliphatic heterocycles. The Labute approximate surface area is 119 Å². The third-order valence-corrected chi connectivity index (χ3v) is 3.06. The van der Waals surface area contributed by atoms with Gasteiger partial charge < -0.3 is 14.5 Å². The average molecular weight is 328 g/mol. The first-order valence-corrected chi connectivity index (χ1v) is 6.83. The summed E-state index contributed by atoms with van der Waals surface area (Å²) >= 11 is 3.25. The molecule has 19 heavy (non-hydrogen) atoms. The van der Waals surface area contributed by atoms with Crippen molar-refractivity contribution in [3.05, 3.63) is 46.6 Å². The first kappa shape index (κ1) is 13.9. The van der Waals surface area contributed by atoms with E-state index in [1.165, 1.54) is 6.07 Å². The molecule has 0 fully saturated rings. The number of halogens is 2. The van der Waals surface area contributed by atoms with Crippen LogP contribution in [0.2, 0.25) is 0 Å². The van der Waals surface area contributed by atoms with Gasteiger partial charge in [-0.3, -0.25) is 0 Å². The molecule has 0 radical (unpaired) electrons. The van der Waals surface area contributed by atoms with Gasteiger partial charge in [-0.2, -0.15) is 0 Å². The molecule has 1 unspecified atom stereocenters. The molecule has 2 aromatic rings. The quantitative estimate of drug-likeness (QED) is 0.860. The summed E-state index contributed by atoms with van der Waals surface area (Å²) in [6.07, 6.45) is 0. The van der Waals surface area contributed by atoms with Crippen molar-refractivity contribution in [2.75, 3.05) is 11.9 Å². The van der Waals surface area contributed by atoms with Gasteiger partial charge in [-0.05, 0) is 54.0 Å². The van der Waals surface area contributed by atoms with E-state index in [-0.39, 0.29) is 17.6 Å². The molecule has 102 valence electrons. The van der Waals surface area contributed by atoms with Gasteiger partial charge in [0.15, 0.2) is 16.2 Å². The van der Waals surface area contributed by atoms with Gasteiger partial charge in [-0.25, -0.2) is 4.39 Å². The molecule has 0 saturated carbocycles. The maximum absolute atomic E-state index is 13.7. The standard InChI is InChI=1S/C14H15BrFNO2/c1-3-18-13-5-4-10(8-11(13)16)17-9(2)12-6-7-14(15)19-12/h4-9,17H,3H2,1-2H3. The third-order valence-electron chi connectivity index (χ3n) is 2.64. The number of anilines is 1. The van der Waals surface area contributed by atoms with E-state index in [4.69, 9.17) is 9.15 Å². The van der Waals surface area contributed by atoms with Crippen molar-refractivity contribution in [3.8, 4) is 5.75 Å². The minimum absolute atomic E-state index is 0.0522. The zero-order chi connectivity index (χ0) is 13.8. The van der Waals surface area contributed by atoms with E-state index in [1.54, 1.807) is 12.1 Å². The predicted octanol–water partition coefficient (Wildman–Crippen LogP) is 4.75. The summed E-state index contributed by atoms with van der Waals surface area (Å²) < 4.78 is 25.0. The smallest absolute Gasteiger partial charge is 0.169 e. The van der Waals surface area contributed by atoms with Crippen molar-refractivity contribution < 1.29 is 13.5 Å². The highest BCUT2D eigenvalue weighted by Crippen LogP contribution is 2.26. The van der Waals surface area contributed by atoms with Gasteiger partial charge in [0.2, 0.25) is 0 Å². The van der Waals surface area contributed by atoms with Crippen LogP contribution < -0.4 is 10.1 Å². The fourth-order valence-electron chi connectivity index (χ4n) is 1.75. The molecule has 0 amide bonds. The minimum Gasteiger partial charge on any atom is -0.491 e. The highest BCUT2D eigenvalue weighted by atomic mass is 79.9. The number of nitrogens with one attached hydrogen (secondary N) is 1. The van der Waals surface area contributed by atoms with Crippen LogP contribution in [0.25, 0.3) is 0 Å². The Kier molecular flexibility index (Phi) is 4.47. The zero-order valence-corrected chi connectivity index (χ0v) is 12.3. The van der Waals surface area contributed by atoms with Crippen molar-refractivity contribution in [3.63, 3.8) is 0 Å². The van der Waals surface area contributed by atoms with Gasteiger partial charge in [0.25, 0.3) is 0 Å². The van der Waals surface area contributed by atoms with Crippen LogP contribution in [-0.2, 0) is 0 Å². The SMILES string of the molecule is CCOc1ccc(NC(C)c2ccc(Br)o2)cc1F. The van der Waals surface area contributed by atoms with Gasteiger partial charge in [0.1, 0.15) is 5.76 Å². The number of ether oxygens (including phenoxy) is 1. The molecule has 0 bridgehead atoms. The van der Waals surface area contributed by atoms with Crippen LogP contribution in [0.1, 0.15) is 25.6 Å². The number of rotatable bonds is 5. The Balaban J connectivity index is 2.09. The maximum Gasteiger partial charge on any atom is 0.169 e. The van der Waals surface area contributed by atoms with Gasteiger partial charge in [-0.15, -0.1) is 0 Å². The largest absolute Gasteiger partial charge is 0.491 e. The summed E-state index contributed by atoms with van der Waals surface area (Å²) in [5.74, 6) is 0.669. The number of furan rings is 1. The lowest BCUT2D eigenvalue weighted by atomic mass is 10.2. The number of hydrogen-bond donors (Lipinski definition) is 1. The van der Waals surface area contributed by atoms with Crippen LogP contribution in [0, 0.1) is 5.82 Å². The zero-order valence-electron chi connectivity index (χ0n) is 10.7. The van der Waals surface area contributed by atoms with E-state index in [0.717, 1.165) is 5.76 Å². The molecule has 0 aliphatic carbocycles. The lowest BCUT2D eigenvalue weighted by Gasteiger charge is -2.14. The molecule has 0 saturated heterocycles. The Morgan fingerprint density at radius 1 is 1.37 bits per heavy atom. The van der Waals surface area contributed by atoms with Gasteiger partial charge >= 0.3 is 0 Å². The van der Waals surface area contributed by atoms with E-state index in [1.807, 2.05) is 26.0 Å². The van der Waals surface area contributed by atoms with Crippen molar-refractivity contribution in [1.82, 2.24) is 0 Å². The van der Waals surface area contributed by atoms with Crippen molar-refractivity contribution in [2.45, 2.75) is 19.9 Å². The molecule has 1 aromatic heterocycles. The summed E-state index contributed by atoms with van der Waals surface area (Å²) in [4.78, 5) is 0. The average Bonchev–Trinajstić information content (AvgIpc) is 2.80. The van der Waals surface area contributed by atoms with Crippen LogP contribution in [0.3, 0.4) is 0 Å². The molecular weight excluding hydrogens is 313 g/mol. The molecule has 5 heteroatoms. The lowest BCUT2D eigenvalue weighted by Crippen LogP contribution is -2.06.